The second-order valence-corrected chi connectivity index (χ2v) is 3.06. The van der Waals surface area contributed by atoms with Crippen LogP contribution in [0.15, 0.2) is 29.2 Å². The van der Waals surface area contributed by atoms with Crippen molar-refractivity contribution in [2.24, 2.45) is 0 Å². The van der Waals surface area contributed by atoms with Crippen LogP contribution in [-0.2, 0) is 6.42 Å². The molecule has 2 aromatic heterocycles. The quantitative estimate of drug-likeness (QED) is 0.818. The van der Waals surface area contributed by atoms with E-state index >= 15 is 0 Å². The summed E-state index contributed by atoms with van der Waals surface area (Å²) in [6, 6.07) is 5.43. The molecule has 1 N–H and O–H groups in total. The van der Waals surface area contributed by atoms with Gasteiger partial charge < -0.3 is 9.84 Å². The number of nitrogens with one attached hydrogen (secondary N) is 1. The molecule has 0 spiro atoms. The van der Waals surface area contributed by atoms with Gasteiger partial charge in [0.2, 0.25) is 5.89 Å². The summed E-state index contributed by atoms with van der Waals surface area (Å²) in [6.45, 7) is 0.676. The molecule has 16 heavy (non-hydrogen) atoms. The highest BCUT2D eigenvalue weighted by molar-refractivity contribution is 5.42. The predicted octanol–water partition coefficient (Wildman–Crippen LogP) is 0.991. The Bertz CT molecular complexity index is 471. The lowest BCUT2D eigenvalue weighted by Gasteiger charge is -2.03. The molecule has 0 fully saturated rings. The van der Waals surface area contributed by atoms with Gasteiger partial charge in [0, 0.05) is 13.0 Å². The summed E-state index contributed by atoms with van der Waals surface area (Å²) in [7, 11) is 0. The van der Waals surface area contributed by atoms with Crippen LogP contribution in [-0.4, -0.2) is 21.7 Å². The van der Waals surface area contributed by atoms with E-state index in [1.54, 1.807) is 18.3 Å². The molecule has 80 valence electrons. The van der Waals surface area contributed by atoms with Gasteiger partial charge in [-0.25, -0.2) is 4.98 Å². The van der Waals surface area contributed by atoms with E-state index in [0.29, 0.717) is 24.6 Å². The van der Waals surface area contributed by atoms with Crippen molar-refractivity contribution in [2.75, 3.05) is 11.9 Å². The van der Waals surface area contributed by atoms with Gasteiger partial charge in [0.25, 0.3) is 0 Å². The highest BCUT2D eigenvalue weighted by Gasteiger charge is 1.99. The summed E-state index contributed by atoms with van der Waals surface area (Å²) >= 11 is 0. The lowest BCUT2D eigenvalue weighted by atomic mass is 10.3. The highest BCUT2D eigenvalue weighted by Crippen LogP contribution is 2.05. The van der Waals surface area contributed by atoms with Crippen LogP contribution < -0.4 is 5.32 Å². The van der Waals surface area contributed by atoms with Crippen LogP contribution in [0.5, 0.6) is 0 Å². The summed E-state index contributed by atoms with van der Waals surface area (Å²) in [5.74, 6) is 0.592. The fraction of sp³-hybridized carbons (Fsp3) is 0.200. The van der Waals surface area contributed by atoms with Gasteiger partial charge in [-0.15, -0.1) is 0 Å². The third kappa shape index (κ3) is 2.54. The van der Waals surface area contributed by atoms with Crippen molar-refractivity contribution in [3.05, 3.63) is 36.2 Å². The zero-order chi connectivity index (χ0) is 11.2. The molecular weight excluding hydrogens is 206 g/mol. The zero-order valence-corrected chi connectivity index (χ0v) is 8.42. The Morgan fingerprint density at radius 1 is 1.38 bits per heavy atom. The molecule has 2 aromatic rings. The van der Waals surface area contributed by atoms with Gasteiger partial charge in [-0.2, -0.15) is 10.2 Å². The van der Waals surface area contributed by atoms with Crippen LogP contribution >= 0.6 is 0 Å². The van der Waals surface area contributed by atoms with Crippen LogP contribution in [0, 0.1) is 11.3 Å². The molecule has 0 amide bonds. The van der Waals surface area contributed by atoms with Gasteiger partial charge in [0.05, 0.1) is 11.9 Å². The van der Waals surface area contributed by atoms with Crippen LogP contribution in [0.3, 0.4) is 0 Å². The first-order chi connectivity index (χ1) is 7.88. The SMILES string of the molecule is N#Cc1ccc(NCCc2ncno2)cn1. The van der Waals surface area contributed by atoms with Crippen molar-refractivity contribution in [3.63, 3.8) is 0 Å². The van der Waals surface area contributed by atoms with Crippen LogP contribution in [0.4, 0.5) is 5.69 Å². The minimum Gasteiger partial charge on any atom is -0.383 e. The average Bonchev–Trinajstić information content (AvgIpc) is 2.83. The highest BCUT2D eigenvalue weighted by atomic mass is 16.5. The Morgan fingerprint density at radius 2 is 2.31 bits per heavy atom. The Labute approximate surface area is 91.9 Å². The summed E-state index contributed by atoms with van der Waals surface area (Å²) in [6.07, 6.45) is 3.64. The Hall–Kier alpha value is -2.42. The van der Waals surface area contributed by atoms with E-state index in [0.717, 1.165) is 5.69 Å². The molecule has 0 radical (unpaired) electrons. The van der Waals surface area contributed by atoms with Crippen molar-refractivity contribution in [1.29, 1.82) is 5.26 Å². The van der Waals surface area contributed by atoms with Gasteiger partial charge in [-0.05, 0) is 12.1 Å². The third-order valence-electron chi connectivity index (χ3n) is 1.95. The molecule has 0 aliphatic carbocycles. The number of nitriles is 1. The fourth-order valence-electron chi connectivity index (χ4n) is 1.18. The molecule has 6 nitrogen and oxygen atoms in total. The van der Waals surface area contributed by atoms with Crippen LogP contribution in [0.2, 0.25) is 0 Å². The number of nitrogens with zero attached hydrogens (tertiary/aromatic N) is 4. The number of hydrogen-bond donors (Lipinski definition) is 1. The molecule has 0 saturated heterocycles. The number of pyridine rings is 1. The summed E-state index contributed by atoms with van der Waals surface area (Å²) < 4.78 is 4.85. The molecule has 2 rings (SSSR count). The molecular formula is C10H9N5O. The average molecular weight is 215 g/mol. The van der Waals surface area contributed by atoms with Crippen molar-refractivity contribution >= 4 is 5.69 Å². The fourth-order valence-corrected chi connectivity index (χ4v) is 1.18. The van der Waals surface area contributed by atoms with E-state index in [9.17, 15) is 0 Å². The van der Waals surface area contributed by atoms with E-state index in [1.807, 2.05) is 6.07 Å². The first-order valence-electron chi connectivity index (χ1n) is 4.74. The maximum absolute atomic E-state index is 8.57. The van der Waals surface area contributed by atoms with E-state index in [2.05, 4.69) is 20.4 Å². The van der Waals surface area contributed by atoms with Crippen molar-refractivity contribution in [3.8, 4) is 6.07 Å². The molecule has 0 unspecified atom stereocenters. The van der Waals surface area contributed by atoms with E-state index in [1.165, 1.54) is 6.33 Å². The second kappa shape index (κ2) is 4.89. The predicted molar refractivity (Wildman–Crippen MR) is 55.4 cm³/mol. The Balaban J connectivity index is 1.83. The van der Waals surface area contributed by atoms with Crippen LogP contribution in [0.25, 0.3) is 0 Å². The maximum atomic E-state index is 8.57. The first kappa shape index (κ1) is 10.1. The largest absolute Gasteiger partial charge is 0.383 e. The van der Waals surface area contributed by atoms with E-state index < -0.39 is 0 Å². The number of hydrogen-bond acceptors (Lipinski definition) is 6. The number of aromatic nitrogens is 3. The third-order valence-corrected chi connectivity index (χ3v) is 1.95. The molecule has 6 heteroatoms. The van der Waals surface area contributed by atoms with Gasteiger partial charge in [-0.1, -0.05) is 5.16 Å². The normalized spacial score (nSPS) is 9.69. The maximum Gasteiger partial charge on any atom is 0.228 e. The minimum absolute atomic E-state index is 0.405. The van der Waals surface area contributed by atoms with Gasteiger partial charge in [-0.3, -0.25) is 0 Å². The van der Waals surface area contributed by atoms with Gasteiger partial charge in [0.1, 0.15) is 11.8 Å². The van der Waals surface area contributed by atoms with Crippen LogP contribution in [0.1, 0.15) is 11.6 Å². The van der Waals surface area contributed by atoms with Gasteiger partial charge >= 0.3 is 0 Å². The number of anilines is 1. The Kier molecular flexibility index (Phi) is 3.09. The molecule has 0 aliphatic heterocycles. The first-order valence-corrected chi connectivity index (χ1v) is 4.74. The van der Waals surface area contributed by atoms with E-state index in [-0.39, 0.29) is 0 Å². The lowest BCUT2D eigenvalue weighted by molar-refractivity contribution is 0.380. The zero-order valence-electron chi connectivity index (χ0n) is 8.42. The standard InChI is InChI=1S/C10H9N5O/c11-5-8-1-2-9(6-13-8)12-4-3-10-14-7-15-16-10/h1-2,6-7,12H,3-4H2. The second-order valence-electron chi connectivity index (χ2n) is 3.06. The van der Waals surface area contributed by atoms with Crippen molar-refractivity contribution in [1.82, 2.24) is 15.1 Å². The molecule has 0 aromatic carbocycles. The minimum atomic E-state index is 0.405. The molecule has 2 heterocycles. The molecule has 0 atom stereocenters. The summed E-state index contributed by atoms with van der Waals surface area (Å²) in [4.78, 5) is 7.84. The van der Waals surface area contributed by atoms with Crippen molar-refractivity contribution in [2.45, 2.75) is 6.42 Å². The van der Waals surface area contributed by atoms with Gasteiger partial charge in [0.15, 0.2) is 6.33 Å². The van der Waals surface area contributed by atoms with Crippen molar-refractivity contribution < 1.29 is 4.52 Å². The summed E-state index contributed by atoms with van der Waals surface area (Å²) in [5, 5.41) is 15.2. The number of rotatable bonds is 4. The Morgan fingerprint density at radius 3 is 2.94 bits per heavy atom. The molecule has 0 aliphatic rings. The van der Waals surface area contributed by atoms with E-state index in [4.69, 9.17) is 9.78 Å². The monoisotopic (exact) mass is 215 g/mol. The lowest BCUT2D eigenvalue weighted by Crippen LogP contribution is -2.05. The smallest absolute Gasteiger partial charge is 0.228 e. The topological polar surface area (TPSA) is 87.6 Å². The summed E-state index contributed by atoms with van der Waals surface area (Å²) in [5.41, 5.74) is 1.26. The molecule has 0 saturated carbocycles. The molecule has 0 bridgehead atoms.